The Labute approximate surface area is 98.6 Å². The van der Waals surface area contributed by atoms with Gasteiger partial charge in [0, 0.05) is 6.42 Å². The lowest BCUT2D eigenvalue weighted by atomic mass is 10.1. The largest absolute Gasteiger partial charge is 0.389 e. The van der Waals surface area contributed by atoms with Gasteiger partial charge < -0.3 is 15.7 Å². The molecule has 2 unspecified atom stereocenters. The highest BCUT2D eigenvalue weighted by Crippen LogP contribution is 1.97. The zero-order chi connectivity index (χ0) is 13.4. The molecule has 0 heterocycles. The van der Waals surface area contributed by atoms with Crippen LogP contribution in [0.4, 0.5) is 0 Å². The SMILES string of the molecule is CC(=O)CC(NC(=O)C(C)NC=O)C(=O)CO. The van der Waals surface area contributed by atoms with Crippen LogP contribution >= 0.6 is 0 Å². The van der Waals surface area contributed by atoms with Crippen molar-refractivity contribution in [3.05, 3.63) is 0 Å². The average molecular weight is 244 g/mol. The highest BCUT2D eigenvalue weighted by Gasteiger charge is 2.23. The maximum absolute atomic E-state index is 11.5. The summed E-state index contributed by atoms with van der Waals surface area (Å²) in [6.07, 6.45) is 0.178. The van der Waals surface area contributed by atoms with Gasteiger partial charge in [0.2, 0.25) is 12.3 Å². The third-order valence-electron chi connectivity index (χ3n) is 2.06. The number of rotatable bonds is 8. The second-order valence-electron chi connectivity index (χ2n) is 3.60. The van der Waals surface area contributed by atoms with E-state index in [-0.39, 0.29) is 12.2 Å². The van der Waals surface area contributed by atoms with E-state index in [9.17, 15) is 19.2 Å². The van der Waals surface area contributed by atoms with Crippen molar-refractivity contribution in [1.82, 2.24) is 10.6 Å². The quantitative estimate of drug-likeness (QED) is 0.434. The minimum Gasteiger partial charge on any atom is -0.389 e. The summed E-state index contributed by atoms with van der Waals surface area (Å²) in [7, 11) is 0. The van der Waals surface area contributed by atoms with Crippen LogP contribution in [0.25, 0.3) is 0 Å². The molecule has 0 bridgehead atoms. The van der Waals surface area contributed by atoms with Gasteiger partial charge in [0.05, 0.1) is 6.04 Å². The number of Topliss-reactive ketones (excluding diaryl/α,β-unsaturated/α-hetero) is 2. The number of hydrogen-bond donors (Lipinski definition) is 3. The van der Waals surface area contributed by atoms with E-state index in [1.54, 1.807) is 0 Å². The van der Waals surface area contributed by atoms with E-state index in [1.165, 1.54) is 13.8 Å². The fraction of sp³-hybridized carbons (Fsp3) is 0.600. The highest BCUT2D eigenvalue weighted by atomic mass is 16.3. The molecule has 0 saturated heterocycles. The van der Waals surface area contributed by atoms with Crippen LogP contribution in [0.5, 0.6) is 0 Å². The number of carbonyl (C=O) groups excluding carboxylic acids is 4. The summed E-state index contributed by atoms with van der Waals surface area (Å²) in [6.45, 7) is 1.95. The molecule has 0 aromatic carbocycles. The van der Waals surface area contributed by atoms with Crippen molar-refractivity contribution in [2.75, 3.05) is 6.61 Å². The van der Waals surface area contributed by atoms with Crippen LogP contribution in [0.15, 0.2) is 0 Å². The van der Waals surface area contributed by atoms with Crippen molar-refractivity contribution in [3.8, 4) is 0 Å². The first kappa shape index (κ1) is 15.2. The fourth-order valence-electron chi connectivity index (χ4n) is 1.12. The number of amides is 2. The van der Waals surface area contributed by atoms with Crippen LogP contribution in [0.3, 0.4) is 0 Å². The summed E-state index contributed by atoms with van der Waals surface area (Å²) in [4.78, 5) is 43.7. The second-order valence-corrected chi connectivity index (χ2v) is 3.60. The van der Waals surface area contributed by atoms with Gasteiger partial charge in [-0.2, -0.15) is 0 Å². The molecule has 2 atom stereocenters. The van der Waals surface area contributed by atoms with Crippen molar-refractivity contribution in [2.24, 2.45) is 0 Å². The number of aliphatic hydroxyl groups excluding tert-OH is 1. The zero-order valence-corrected chi connectivity index (χ0v) is 9.73. The Bertz CT molecular complexity index is 316. The molecule has 0 fully saturated rings. The minimum absolute atomic E-state index is 0.182. The monoisotopic (exact) mass is 244 g/mol. The molecule has 3 N–H and O–H groups in total. The molecule has 0 aromatic heterocycles. The van der Waals surface area contributed by atoms with E-state index in [1.807, 2.05) is 0 Å². The predicted molar refractivity (Wildman–Crippen MR) is 58.0 cm³/mol. The molecule has 0 aliphatic carbocycles. The molecule has 0 aliphatic heterocycles. The summed E-state index contributed by atoms with van der Waals surface area (Å²) in [5.41, 5.74) is 0. The van der Waals surface area contributed by atoms with Crippen LogP contribution in [0.2, 0.25) is 0 Å². The van der Waals surface area contributed by atoms with E-state index >= 15 is 0 Å². The summed E-state index contributed by atoms with van der Waals surface area (Å²) in [5.74, 6) is -1.52. The summed E-state index contributed by atoms with van der Waals surface area (Å²) in [5, 5.41) is 13.2. The van der Waals surface area contributed by atoms with Crippen molar-refractivity contribution in [1.29, 1.82) is 0 Å². The maximum atomic E-state index is 11.5. The number of hydrogen-bond acceptors (Lipinski definition) is 5. The smallest absolute Gasteiger partial charge is 0.242 e. The highest BCUT2D eigenvalue weighted by molar-refractivity contribution is 5.94. The molecule has 0 radical (unpaired) electrons. The van der Waals surface area contributed by atoms with Gasteiger partial charge in [-0.15, -0.1) is 0 Å². The van der Waals surface area contributed by atoms with Crippen molar-refractivity contribution < 1.29 is 24.3 Å². The first-order valence-electron chi connectivity index (χ1n) is 5.05. The third kappa shape index (κ3) is 5.76. The summed E-state index contributed by atoms with van der Waals surface area (Å²) < 4.78 is 0. The lowest BCUT2D eigenvalue weighted by Gasteiger charge is -2.18. The molecular formula is C10H16N2O5. The lowest BCUT2D eigenvalue weighted by Crippen LogP contribution is -2.50. The van der Waals surface area contributed by atoms with Crippen LogP contribution < -0.4 is 10.6 Å². The first-order valence-corrected chi connectivity index (χ1v) is 5.05. The number of nitrogens with one attached hydrogen (secondary N) is 2. The standard InChI is InChI=1S/C10H16N2O5/c1-6(15)3-8(9(16)4-13)12-10(17)7(2)11-5-14/h5,7-8,13H,3-4H2,1-2H3,(H,11,14)(H,12,17). The molecule has 96 valence electrons. The van der Waals surface area contributed by atoms with Gasteiger partial charge in [0.1, 0.15) is 18.4 Å². The molecule has 7 heteroatoms. The van der Waals surface area contributed by atoms with E-state index in [2.05, 4.69) is 10.6 Å². The normalized spacial score (nSPS) is 13.4. The molecule has 0 spiro atoms. The van der Waals surface area contributed by atoms with Gasteiger partial charge in [-0.1, -0.05) is 0 Å². The molecular weight excluding hydrogens is 228 g/mol. The second kappa shape index (κ2) is 7.50. The lowest BCUT2D eigenvalue weighted by molar-refractivity contribution is -0.132. The Morgan fingerprint density at radius 2 is 1.94 bits per heavy atom. The number of aliphatic hydroxyl groups is 1. The Morgan fingerprint density at radius 3 is 2.35 bits per heavy atom. The van der Waals surface area contributed by atoms with Crippen LogP contribution in [-0.2, 0) is 19.2 Å². The Morgan fingerprint density at radius 1 is 1.35 bits per heavy atom. The van der Waals surface area contributed by atoms with E-state index < -0.39 is 30.4 Å². The predicted octanol–water partition coefficient (Wildman–Crippen LogP) is -1.85. The Balaban J connectivity index is 4.52. The number of ketones is 2. The van der Waals surface area contributed by atoms with E-state index in [4.69, 9.17) is 5.11 Å². The fourth-order valence-corrected chi connectivity index (χ4v) is 1.12. The minimum atomic E-state index is -1.05. The first-order chi connectivity index (χ1) is 7.92. The van der Waals surface area contributed by atoms with E-state index in [0.717, 1.165) is 0 Å². The third-order valence-corrected chi connectivity index (χ3v) is 2.06. The van der Waals surface area contributed by atoms with Crippen molar-refractivity contribution in [3.63, 3.8) is 0 Å². The average Bonchev–Trinajstić information content (AvgIpc) is 2.26. The van der Waals surface area contributed by atoms with Crippen LogP contribution in [0, 0.1) is 0 Å². The van der Waals surface area contributed by atoms with Crippen LogP contribution in [-0.4, -0.2) is 47.7 Å². The molecule has 2 amide bonds. The van der Waals surface area contributed by atoms with E-state index in [0.29, 0.717) is 6.41 Å². The van der Waals surface area contributed by atoms with Crippen molar-refractivity contribution >= 4 is 23.9 Å². The maximum Gasteiger partial charge on any atom is 0.242 e. The molecule has 0 aliphatic rings. The Kier molecular flexibility index (Phi) is 6.73. The van der Waals surface area contributed by atoms with Gasteiger partial charge in [-0.3, -0.25) is 19.2 Å². The summed E-state index contributed by atoms with van der Waals surface area (Å²) in [6, 6.07) is -1.87. The van der Waals surface area contributed by atoms with Gasteiger partial charge >= 0.3 is 0 Å². The zero-order valence-electron chi connectivity index (χ0n) is 9.73. The summed E-state index contributed by atoms with van der Waals surface area (Å²) >= 11 is 0. The van der Waals surface area contributed by atoms with Gasteiger partial charge in [0.15, 0.2) is 5.78 Å². The molecule has 0 rings (SSSR count). The topological polar surface area (TPSA) is 113 Å². The van der Waals surface area contributed by atoms with Crippen molar-refractivity contribution in [2.45, 2.75) is 32.4 Å². The van der Waals surface area contributed by atoms with Gasteiger partial charge in [0.25, 0.3) is 0 Å². The molecule has 7 nitrogen and oxygen atoms in total. The Hall–Kier alpha value is -1.76. The van der Waals surface area contributed by atoms with Crippen LogP contribution in [0.1, 0.15) is 20.3 Å². The molecule has 0 saturated carbocycles. The molecule has 0 aromatic rings. The van der Waals surface area contributed by atoms with Gasteiger partial charge in [-0.05, 0) is 13.8 Å². The number of carbonyl (C=O) groups is 4. The van der Waals surface area contributed by atoms with Gasteiger partial charge in [-0.25, -0.2) is 0 Å². The molecule has 17 heavy (non-hydrogen) atoms.